The number of hydrogen-bond acceptors (Lipinski definition) is 8. The van der Waals surface area contributed by atoms with Gasteiger partial charge in [0.25, 0.3) is 0 Å². The number of benzene rings is 1. The lowest BCUT2D eigenvalue weighted by Gasteiger charge is -2.30. The van der Waals surface area contributed by atoms with Gasteiger partial charge in [0.15, 0.2) is 15.0 Å². The first-order valence-electron chi connectivity index (χ1n) is 9.46. The van der Waals surface area contributed by atoms with E-state index in [1.807, 2.05) is 0 Å². The molecule has 3 aromatic rings. The molecule has 1 aliphatic heterocycles. The third kappa shape index (κ3) is 4.61. The highest BCUT2D eigenvalue weighted by Crippen LogP contribution is 2.30. The van der Waals surface area contributed by atoms with E-state index in [1.54, 1.807) is 18.2 Å². The van der Waals surface area contributed by atoms with Crippen molar-refractivity contribution >= 4 is 52.5 Å². The van der Waals surface area contributed by atoms with Crippen LogP contribution in [0.4, 0.5) is 5.13 Å². The highest BCUT2D eigenvalue weighted by Gasteiger charge is 2.32. The minimum Gasteiger partial charge on any atom is -0.302 e. The molecule has 0 bridgehead atoms. The van der Waals surface area contributed by atoms with E-state index in [2.05, 4.69) is 15.3 Å². The predicted molar refractivity (Wildman–Crippen MR) is 117 cm³/mol. The number of aromatic nitrogens is 2. The second kappa shape index (κ2) is 8.26. The minimum atomic E-state index is -3.62. The molecule has 1 saturated heterocycles. The lowest BCUT2D eigenvalue weighted by Crippen LogP contribution is -2.41. The monoisotopic (exact) mass is 480 g/mol. The molecule has 1 N–H and O–H groups in total. The molecule has 12 heteroatoms. The van der Waals surface area contributed by atoms with Gasteiger partial charge in [-0.1, -0.05) is 11.3 Å². The number of piperidine rings is 1. The predicted octanol–water partition coefficient (Wildman–Crippen LogP) is 2.13. The highest BCUT2D eigenvalue weighted by atomic mass is 32.2. The van der Waals surface area contributed by atoms with Crippen LogP contribution in [0.5, 0.6) is 0 Å². The summed E-state index contributed by atoms with van der Waals surface area (Å²) in [6.45, 7) is 0.486. The quantitative estimate of drug-likeness (QED) is 0.593. The van der Waals surface area contributed by atoms with E-state index in [1.165, 1.54) is 40.2 Å². The Bertz CT molecular complexity index is 1330. The van der Waals surface area contributed by atoms with Gasteiger partial charge in [-0.2, -0.15) is 4.31 Å². The Morgan fingerprint density at radius 1 is 1.13 bits per heavy atom. The molecule has 31 heavy (non-hydrogen) atoms. The molecule has 1 fully saturated rings. The summed E-state index contributed by atoms with van der Waals surface area (Å²) in [5.41, 5.74) is 0.602. The molecule has 0 spiro atoms. The SMILES string of the molecule is CS(=O)(=O)c1ccc2nc(NC(=O)C3CCN(S(=O)(=O)c4cccnc4)CC3)sc2c1. The van der Waals surface area contributed by atoms with Crippen LogP contribution in [0, 0.1) is 5.92 Å². The van der Waals surface area contributed by atoms with Crippen LogP contribution in [-0.2, 0) is 24.7 Å². The van der Waals surface area contributed by atoms with Crippen LogP contribution in [0.2, 0.25) is 0 Å². The average molecular weight is 481 g/mol. The van der Waals surface area contributed by atoms with Gasteiger partial charge >= 0.3 is 0 Å². The lowest BCUT2D eigenvalue weighted by molar-refractivity contribution is -0.120. The number of nitrogens with zero attached hydrogens (tertiary/aromatic N) is 3. The zero-order valence-corrected chi connectivity index (χ0v) is 19.0. The number of carbonyl (C=O) groups is 1. The van der Waals surface area contributed by atoms with E-state index in [4.69, 9.17) is 0 Å². The first-order valence-corrected chi connectivity index (χ1v) is 13.6. The Labute approximate surface area is 184 Å². The van der Waals surface area contributed by atoms with Gasteiger partial charge in [-0.05, 0) is 43.2 Å². The number of pyridine rings is 1. The van der Waals surface area contributed by atoms with E-state index in [0.717, 1.165) is 6.26 Å². The smallest absolute Gasteiger partial charge is 0.244 e. The van der Waals surface area contributed by atoms with Crippen LogP contribution < -0.4 is 5.32 Å². The highest BCUT2D eigenvalue weighted by molar-refractivity contribution is 7.90. The first kappa shape index (κ1) is 21.8. The molecule has 4 rings (SSSR count). The summed E-state index contributed by atoms with van der Waals surface area (Å²) in [4.78, 5) is 21.2. The second-order valence-corrected chi connectivity index (χ2v) is 12.3. The molecular weight excluding hydrogens is 460 g/mol. The first-order chi connectivity index (χ1) is 14.6. The topological polar surface area (TPSA) is 126 Å². The molecule has 164 valence electrons. The van der Waals surface area contributed by atoms with E-state index in [0.29, 0.717) is 28.2 Å². The normalized spacial score (nSPS) is 16.4. The van der Waals surface area contributed by atoms with Crippen molar-refractivity contribution in [3.8, 4) is 0 Å². The van der Waals surface area contributed by atoms with E-state index < -0.39 is 19.9 Å². The van der Waals surface area contributed by atoms with Crippen molar-refractivity contribution in [3.05, 3.63) is 42.7 Å². The number of thiazole rings is 1. The van der Waals surface area contributed by atoms with E-state index in [-0.39, 0.29) is 34.7 Å². The third-order valence-corrected chi connectivity index (χ3v) is 9.04. The number of anilines is 1. The van der Waals surface area contributed by atoms with Crippen LogP contribution in [-0.4, -0.2) is 56.4 Å². The minimum absolute atomic E-state index is 0.140. The summed E-state index contributed by atoms with van der Waals surface area (Å²) >= 11 is 1.20. The van der Waals surface area contributed by atoms with Gasteiger partial charge in [-0.15, -0.1) is 0 Å². The Kier molecular flexibility index (Phi) is 5.81. The molecule has 2 aromatic heterocycles. The number of nitrogens with one attached hydrogen (secondary N) is 1. The molecule has 0 radical (unpaired) electrons. The average Bonchev–Trinajstić information content (AvgIpc) is 3.15. The van der Waals surface area contributed by atoms with E-state index in [9.17, 15) is 21.6 Å². The molecule has 9 nitrogen and oxygen atoms in total. The fourth-order valence-electron chi connectivity index (χ4n) is 3.40. The number of amides is 1. The summed E-state index contributed by atoms with van der Waals surface area (Å²) in [6.07, 6.45) is 4.76. The fourth-order valence-corrected chi connectivity index (χ4v) is 6.47. The van der Waals surface area contributed by atoms with Crippen molar-refractivity contribution in [1.29, 1.82) is 0 Å². The van der Waals surface area contributed by atoms with Crippen LogP contribution in [0.1, 0.15) is 12.8 Å². The molecule has 0 unspecified atom stereocenters. The van der Waals surface area contributed by atoms with Gasteiger partial charge in [0, 0.05) is 37.7 Å². The zero-order valence-electron chi connectivity index (χ0n) is 16.6. The van der Waals surface area contributed by atoms with Gasteiger partial charge in [-0.3, -0.25) is 9.78 Å². The summed E-state index contributed by atoms with van der Waals surface area (Å²) in [7, 11) is -6.95. The summed E-state index contributed by atoms with van der Waals surface area (Å²) in [5, 5.41) is 3.17. The summed E-state index contributed by atoms with van der Waals surface area (Å²) in [5.74, 6) is -0.556. The Morgan fingerprint density at radius 2 is 1.87 bits per heavy atom. The van der Waals surface area contributed by atoms with Crippen LogP contribution in [0.3, 0.4) is 0 Å². The number of fused-ring (bicyclic) bond motifs is 1. The molecule has 0 aliphatic carbocycles. The molecular formula is C19H20N4O5S3. The van der Waals surface area contributed by atoms with Crippen LogP contribution in [0.25, 0.3) is 10.2 Å². The van der Waals surface area contributed by atoms with Crippen molar-refractivity contribution in [2.45, 2.75) is 22.6 Å². The molecule has 0 saturated carbocycles. The van der Waals surface area contributed by atoms with Gasteiger partial charge in [0.05, 0.1) is 15.1 Å². The van der Waals surface area contributed by atoms with Gasteiger partial charge in [0.1, 0.15) is 4.90 Å². The maximum absolute atomic E-state index is 12.7. The number of sulfonamides is 1. The Balaban J connectivity index is 1.41. The summed E-state index contributed by atoms with van der Waals surface area (Å²) < 4.78 is 50.8. The molecule has 1 amide bonds. The number of sulfone groups is 1. The van der Waals surface area contributed by atoms with Gasteiger partial charge in [0.2, 0.25) is 15.9 Å². The fraction of sp³-hybridized carbons (Fsp3) is 0.316. The summed E-state index contributed by atoms with van der Waals surface area (Å²) in [6, 6.07) is 7.72. The van der Waals surface area contributed by atoms with Crippen LogP contribution in [0.15, 0.2) is 52.5 Å². The van der Waals surface area contributed by atoms with E-state index >= 15 is 0 Å². The Morgan fingerprint density at radius 3 is 2.52 bits per heavy atom. The number of carbonyl (C=O) groups excluding carboxylic acids is 1. The van der Waals surface area contributed by atoms with Crippen molar-refractivity contribution in [1.82, 2.24) is 14.3 Å². The zero-order chi connectivity index (χ0) is 22.2. The van der Waals surface area contributed by atoms with Crippen molar-refractivity contribution in [2.75, 3.05) is 24.7 Å². The second-order valence-electron chi connectivity index (χ2n) is 7.28. The third-order valence-electron chi connectivity index (χ3n) is 5.12. The van der Waals surface area contributed by atoms with Gasteiger partial charge in [-0.25, -0.2) is 21.8 Å². The number of rotatable bonds is 5. The van der Waals surface area contributed by atoms with Crippen LogP contribution >= 0.6 is 11.3 Å². The van der Waals surface area contributed by atoms with Crippen molar-refractivity contribution < 1.29 is 21.6 Å². The maximum atomic E-state index is 12.7. The maximum Gasteiger partial charge on any atom is 0.244 e. The van der Waals surface area contributed by atoms with Crippen molar-refractivity contribution in [2.24, 2.45) is 5.92 Å². The largest absolute Gasteiger partial charge is 0.302 e. The standard InChI is InChI=1S/C19H20N4O5S3/c1-30(25,26)14-4-5-16-17(11-14)29-19(21-16)22-18(24)13-6-9-23(10-7-13)31(27,28)15-3-2-8-20-12-15/h2-5,8,11-13H,6-7,9-10H2,1H3,(H,21,22,24). The molecule has 1 aromatic carbocycles. The molecule has 0 atom stereocenters. The number of hydrogen-bond donors (Lipinski definition) is 1. The van der Waals surface area contributed by atoms with Gasteiger partial charge < -0.3 is 5.32 Å². The molecule has 1 aliphatic rings. The van der Waals surface area contributed by atoms with Crippen molar-refractivity contribution in [3.63, 3.8) is 0 Å². The lowest BCUT2D eigenvalue weighted by atomic mass is 9.97. The molecule has 3 heterocycles. The Hall–Kier alpha value is -2.41.